The summed E-state index contributed by atoms with van der Waals surface area (Å²) in [5.74, 6) is -0.771. The highest BCUT2D eigenvalue weighted by Crippen LogP contribution is 2.16. The quantitative estimate of drug-likeness (QED) is 0.274. The lowest BCUT2D eigenvalue weighted by Gasteiger charge is -2.06. The number of aromatic amines is 2. The molecule has 12 heteroatoms. The summed E-state index contributed by atoms with van der Waals surface area (Å²) in [7, 11) is 0. The summed E-state index contributed by atoms with van der Waals surface area (Å²) < 4.78 is 13.2. The number of nitrogens with one attached hydrogen (secondary N) is 5. The number of fused-ring (bicyclic) bond motifs is 1. The van der Waals surface area contributed by atoms with Gasteiger partial charge in [-0.1, -0.05) is 12.1 Å². The maximum atomic E-state index is 13.2. The normalized spacial score (nSPS) is 10.7. The fourth-order valence-corrected chi connectivity index (χ4v) is 3.92. The monoisotopic (exact) mass is 482 g/mol. The van der Waals surface area contributed by atoms with E-state index in [1.807, 2.05) is 0 Å². The molecule has 2 heterocycles. The SMILES string of the molecule is O=C(NCc1cccc(F)c1)Nc1nc(CCNC(=O)c2ccc3c(=O)[nH][nH]c(=O)c3c2)cs1. The van der Waals surface area contributed by atoms with Crippen molar-refractivity contribution in [3.05, 3.63) is 91.2 Å². The van der Waals surface area contributed by atoms with Gasteiger partial charge in [0, 0.05) is 30.5 Å². The molecule has 0 saturated heterocycles. The Morgan fingerprint density at radius 3 is 2.59 bits per heavy atom. The van der Waals surface area contributed by atoms with Gasteiger partial charge in [-0.25, -0.2) is 14.2 Å². The molecular weight excluding hydrogens is 463 g/mol. The zero-order chi connectivity index (χ0) is 24.1. The fraction of sp³-hybridized carbons (Fsp3) is 0.136. The second-order valence-electron chi connectivity index (χ2n) is 7.26. The van der Waals surface area contributed by atoms with E-state index in [0.29, 0.717) is 22.8 Å². The molecule has 34 heavy (non-hydrogen) atoms. The number of thiazole rings is 1. The highest BCUT2D eigenvalue weighted by atomic mass is 32.1. The summed E-state index contributed by atoms with van der Waals surface area (Å²) in [6, 6.07) is 9.73. The van der Waals surface area contributed by atoms with E-state index in [1.54, 1.807) is 17.5 Å². The number of nitrogens with zero attached hydrogens (tertiary/aromatic N) is 1. The van der Waals surface area contributed by atoms with E-state index in [-0.39, 0.29) is 35.2 Å². The third kappa shape index (κ3) is 5.53. The molecule has 2 aromatic carbocycles. The zero-order valence-electron chi connectivity index (χ0n) is 17.6. The predicted octanol–water partition coefficient (Wildman–Crippen LogP) is 2.11. The Kier molecular flexibility index (Phi) is 6.78. The van der Waals surface area contributed by atoms with Crippen molar-refractivity contribution in [2.24, 2.45) is 0 Å². The topological polar surface area (TPSA) is 149 Å². The fourth-order valence-electron chi connectivity index (χ4n) is 3.18. The lowest BCUT2D eigenvalue weighted by molar-refractivity contribution is 0.0954. The Bertz CT molecular complexity index is 1480. The predicted molar refractivity (Wildman–Crippen MR) is 126 cm³/mol. The smallest absolute Gasteiger partial charge is 0.321 e. The number of carbonyl (C=O) groups excluding carboxylic acids is 2. The van der Waals surface area contributed by atoms with Gasteiger partial charge in [-0.2, -0.15) is 0 Å². The Morgan fingerprint density at radius 2 is 1.79 bits per heavy atom. The first-order chi connectivity index (χ1) is 16.4. The molecule has 0 aliphatic rings. The van der Waals surface area contributed by atoms with Gasteiger partial charge in [0.1, 0.15) is 5.82 Å². The highest BCUT2D eigenvalue weighted by Gasteiger charge is 2.11. The Balaban J connectivity index is 1.27. The van der Waals surface area contributed by atoms with Crippen LogP contribution in [-0.2, 0) is 13.0 Å². The first-order valence-corrected chi connectivity index (χ1v) is 11.0. The first-order valence-electron chi connectivity index (χ1n) is 10.2. The summed E-state index contributed by atoms with van der Waals surface area (Å²) >= 11 is 1.24. The zero-order valence-corrected chi connectivity index (χ0v) is 18.4. The van der Waals surface area contributed by atoms with Gasteiger partial charge in [0.2, 0.25) is 0 Å². The molecule has 174 valence electrons. The summed E-state index contributed by atoms with van der Waals surface area (Å²) in [5, 5.41) is 14.9. The van der Waals surface area contributed by atoms with Crippen molar-refractivity contribution in [3.8, 4) is 0 Å². The van der Waals surface area contributed by atoms with Crippen LogP contribution in [-0.4, -0.2) is 33.7 Å². The largest absolute Gasteiger partial charge is 0.352 e. The van der Waals surface area contributed by atoms with Crippen LogP contribution in [0.1, 0.15) is 21.6 Å². The molecule has 0 fully saturated rings. The number of aromatic nitrogens is 3. The minimum absolute atomic E-state index is 0.127. The minimum atomic E-state index is -0.494. The molecule has 0 unspecified atom stereocenters. The van der Waals surface area contributed by atoms with E-state index in [1.165, 1.54) is 41.7 Å². The van der Waals surface area contributed by atoms with E-state index in [4.69, 9.17) is 0 Å². The molecule has 0 radical (unpaired) electrons. The molecular formula is C22H19FN6O4S. The highest BCUT2D eigenvalue weighted by molar-refractivity contribution is 7.13. The maximum absolute atomic E-state index is 13.2. The number of rotatable bonds is 7. The Hall–Kier alpha value is -4.32. The van der Waals surface area contributed by atoms with Crippen LogP contribution >= 0.6 is 11.3 Å². The molecule has 0 aliphatic heterocycles. The standard InChI is InChI=1S/C22H19FN6O4S/c23-14-3-1-2-12(8-14)10-25-21(33)27-22-26-15(11-34-22)6-7-24-18(30)13-4-5-16-17(9-13)20(32)29-28-19(16)31/h1-5,8-9,11H,6-7,10H2,(H,24,30)(H,28,31)(H,29,32)(H2,25,26,27,33). The lowest BCUT2D eigenvalue weighted by atomic mass is 10.1. The van der Waals surface area contributed by atoms with Crippen molar-refractivity contribution >= 4 is 39.2 Å². The molecule has 0 aliphatic carbocycles. The van der Waals surface area contributed by atoms with Gasteiger partial charge in [-0.15, -0.1) is 11.3 Å². The van der Waals surface area contributed by atoms with Crippen molar-refractivity contribution < 1.29 is 14.0 Å². The number of urea groups is 1. The second-order valence-corrected chi connectivity index (χ2v) is 8.11. The molecule has 10 nitrogen and oxygen atoms in total. The molecule has 5 N–H and O–H groups in total. The van der Waals surface area contributed by atoms with Gasteiger partial charge >= 0.3 is 6.03 Å². The Labute approximate surface area is 195 Å². The molecule has 0 bridgehead atoms. The molecule has 3 amide bonds. The third-order valence-corrected chi connectivity index (χ3v) is 5.65. The van der Waals surface area contributed by atoms with E-state index >= 15 is 0 Å². The maximum Gasteiger partial charge on any atom is 0.321 e. The van der Waals surface area contributed by atoms with Gasteiger partial charge in [-0.05, 0) is 35.9 Å². The Morgan fingerprint density at radius 1 is 1.00 bits per heavy atom. The average Bonchev–Trinajstić information content (AvgIpc) is 3.27. The van der Waals surface area contributed by atoms with Crippen LogP contribution in [0.3, 0.4) is 0 Å². The second kappa shape index (κ2) is 10.1. The third-order valence-electron chi connectivity index (χ3n) is 4.84. The van der Waals surface area contributed by atoms with Crippen molar-refractivity contribution in [2.45, 2.75) is 13.0 Å². The number of hydrogen-bond donors (Lipinski definition) is 5. The summed E-state index contributed by atoms with van der Waals surface area (Å²) in [5.41, 5.74) is 0.615. The number of halogens is 1. The number of carbonyl (C=O) groups is 2. The van der Waals surface area contributed by atoms with Crippen LogP contribution in [0.5, 0.6) is 0 Å². The summed E-state index contributed by atoms with van der Waals surface area (Å²) in [6.07, 6.45) is 0.419. The van der Waals surface area contributed by atoms with Crippen LogP contribution in [0, 0.1) is 5.82 Å². The number of hydrogen-bond acceptors (Lipinski definition) is 6. The minimum Gasteiger partial charge on any atom is -0.352 e. The first kappa shape index (κ1) is 22.9. The van der Waals surface area contributed by atoms with Gasteiger partial charge in [0.15, 0.2) is 5.13 Å². The number of amides is 3. The lowest BCUT2D eigenvalue weighted by Crippen LogP contribution is -2.28. The van der Waals surface area contributed by atoms with Gasteiger partial charge in [0.25, 0.3) is 17.0 Å². The van der Waals surface area contributed by atoms with E-state index in [2.05, 4.69) is 31.1 Å². The molecule has 2 aromatic heterocycles. The number of H-pyrrole nitrogens is 2. The number of benzene rings is 2. The van der Waals surface area contributed by atoms with Crippen LogP contribution in [0.2, 0.25) is 0 Å². The molecule has 0 spiro atoms. The van der Waals surface area contributed by atoms with E-state index in [0.717, 1.165) is 0 Å². The van der Waals surface area contributed by atoms with E-state index in [9.17, 15) is 23.6 Å². The van der Waals surface area contributed by atoms with Crippen LogP contribution in [0.15, 0.2) is 57.4 Å². The van der Waals surface area contributed by atoms with Crippen molar-refractivity contribution in [1.29, 1.82) is 0 Å². The number of anilines is 1. The summed E-state index contributed by atoms with van der Waals surface area (Å²) in [6.45, 7) is 0.445. The molecule has 4 aromatic rings. The van der Waals surface area contributed by atoms with Gasteiger partial charge < -0.3 is 10.6 Å². The van der Waals surface area contributed by atoms with E-state index < -0.39 is 23.1 Å². The molecule has 4 rings (SSSR count). The van der Waals surface area contributed by atoms with Crippen molar-refractivity contribution in [2.75, 3.05) is 11.9 Å². The molecule has 0 atom stereocenters. The van der Waals surface area contributed by atoms with Crippen molar-refractivity contribution in [1.82, 2.24) is 25.8 Å². The summed E-state index contributed by atoms with van der Waals surface area (Å²) in [4.78, 5) is 52.4. The average molecular weight is 482 g/mol. The van der Waals surface area contributed by atoms with Crippen LogP contribution < -0.4 is 27.1 Å². The van der Waals surface area contributed by atoms with Gasteiger partial charge in [-0.3, -0.25) is 29.9 Å². The van der Waals surface area contributed by atoms with Gasteiger partial charge in [0.05, 0.1) is 16.5 Å². The van der Waals surface area contributed by atoms with Crippen molar-refractivity contribution in [3.63, 3.8) is 0 Å². The van der Waals surface area contributed by atoms with Crippen LogP contribution in [0.4, 0.5) is 14.3 Å². The van der Waals surface area contributed by atoms with Crippen LogP contribution in [0.25, 0.3) is 10.8 Å². The molecule has 0 saturated carbocycles.